The molecule has 1 rings (SSSR count). The largest absolute Gasteiger partial charge is 0.0904 e. The van der Waals surface area contributed by atoms with Gasteiger partial charge < -0.3 is 0 Å². The van der Waals surface area contributed by atoms with E-state index in [9.17, 15) is 0 Å². The summed E-state index contributed by atoms with van der Waals surface area (Å²) in [6.07, 6.45) is 1.36. The van der Waals surface area contributed by atoms with Gasteiger partial charge in [0.25, 0.3) is 0 Å². The first-order valence-corrected chi connectivity index (χ1v) is 6.16. The molecule has 0 N–H and O–H groups in total. The summed E-state index contributed by atoms with van der Waals surface area (Å²) in [6, 6.07) is 0. The van der Waals surface area contributed by atoms with Crippen LogP contribution in [0, 0.1) is 0 Å². The molecule has 1 unspecified atom stereocenters. The summed E-state index contributed by atoms with van der Waals surface area (Å²) in [6.45, 7) is 10.9. The Bertz CT molecular complexity index is 89.3. The van der Waals surface area contributed by atoms with Gasteiger partial charge in [-0.25, -0.2) is 0 Å². The summed E-state index contributed by atoms with van der Waals surface area (Å²) >= 11 is 0. The Labute approximate surface area is 72.9 Å². The third-order valence-electron chi connectivity index (χ3n) is 1.22. The van der Waals surface area contributed by atoms with Crippen LogP contribution in [0.2, 0.25) is 0 Å². The van der Waals surface area contributed by atoms with Crippen LogP contribution < -0.4 is 0 Å². The standard InChI is InChI=1S/C6H12S2.C2H6/c1-5-4-6(2,3)8-7-5;1-2/h5H,4H2,1-3H3;1-2H3. The van der Waals surface area contributed by atoms with Crippen molar-refractivity contribution >= 4 is 21.6 Å². The summed E-state index contributed by atoms with van der Waals surface area (Å²) in [5.41, 5.74) is 0. The first-order valence-electron chi connectivity index (χ1n) is 3.95. The molecule has 1 aliphatic heterocycles. The van der Waals surface area contributed by atoms with Crippen LogP contribution in [0.3, 0.4) is 0 Å². The molecule has 0 spiro atoms. The second kappa shape index (κ2) is 4.55. The van der Waals surface area contributed by atoms with Crippen molar-refractivity contribution in [1.82, 2.24) is 0 Å². The molecule has 2 heteroatoms. The summed E-state index contributed by atoms with van der Waals surface area (Å²) < 4.78 is 0.546. The molecular formula is C8H18S2. The third kappa shape index (κ3) is 3.77. The van der Waals surface area contributed by atoms with Crippen LogP contribution in [0.5, 0.6) is 0 Å². The van der Waals surface area contributed by atoms with Crippen molar-refractivity contribution in [2.75, 3.05) is 0 Å². The first-order chi connectivity index (χ1) is 4.60. The second-order valence-electron chi connectivity index (χ2n) is 2.95. The number of hydrogen-bond acceptors (Lipinski definition) is 2. The summed E-state index contributed by atoms with van der Waals surface area (Å²) in [4.78, 5) is 0. The zero-order chi connectivity index (χ0) is 8.20. The normalized spacial score (nSPS) is 29.1. The molecule has 0 bridgehead atoms. The number of hydrogen-bond donors (Lipinski definition) is 0. The van der Waals surface area contributed by atoms with Crippen LogP contribution in [0.15, 0.2) is 0 Å². The van der Waals surface area contributed by atoms with E-state index < -0.39 is 0 Å². The smallest absolute Gasteiger partial charge is 0.0218 e. The highest BCUT2D eigenvalue weighted by atomic mass is 33.1. The van der Waals surface area contributed by atoms with Gasteiger partial charge in [0.05, 0.1) is 0 Å². The molecule has 1 atom stereocenters. The van der Waals surface area contributed by atoms with E-state index in [1.54, 1.807) is 0 Å². The molecule has 0 aromatic heterocycles. The molecule has 0 aliphatic carbocycles. The van der Waals surface area contributed by atoms with Gasteiger partial charge in [0.2, 0.25) is 0 Å². The van der Waals surface area contributed by atoms with E-state index in [0.29, 0.717) is 4.75 Å². The maximum absolute atomic E-state index is 2.31. The highest BCUT2D eigenvalue weighted by Gasteiger charge is 2.29. The zero-order valence-electron chi connectivity index (χ0n) is 7.60. The molecule has 62 valence electrons. The predicted octanol–water partition coefficient (Wildman–Crippen LogP) is 3.96. The Morgan fingerprint density at radius 1 is 1.30 bits per heavy atom. The average molecular weight is 178 g/mol. The highest BCUT2D eigenvalue weighted by Crippen LogP contribution is 2.50. The lowest BCUT2D eigenvalue weighted by atomic mass is 10.1. The van der Waals surface area contributed by atoms with Crippen molar-refractivity contribution in [3.63, 3.8) is 0 Å². The molecule has 0 amide bonds. The van der Waals surface area contributed by atoms with Crippen molar-refractivity contribution in [3.05, 3.63) is 0 Å². The topological polar surface area (TPSA) is 0 Å². The Morgan fingerprint density at radius 2 is 1.80 bits per heavy atom. The van der Waals surface area contributed by atoms with Crippen LogP contribution >= 0.6 is 21.6 Å². The Morgan fingerprint density at radius 3 is 1.90 bits per heavy atom. The molecule has 0 aromatic rings. The fourth-order valence-corrected chi connectivity index (χ4v) is 3.99. The molecular weight excluding hydrogens is 160 g/mol. The minimum absolute atomic E-state index is 0.546. The SMILES string of the molecule is CC.CC1CC(C)(C)SS1. The second-order valence-corrected chi connectivity index (χ2v) is 6.30. The maximum Gasteiger partial charge on any atom is 0.0218 e. The van der Waals surface area contributed by atoms with Crippen LogP contribution in [-0.4, -0.2) is 10.00 Å². The third-order valence-corrected chi connectivity index (χ3v) is 5.05. The Hall–Kier alpha value is 0.700. The summed E-state index contributed by atoms with van der Waals surface area (Å²) in [7, 11) is 4.05. The highest BCUT2D eigenvalue weighted by molar-refractivity contribution is 8.77. The van der Waals surface area contributed by atoms with Gasteiger partial charge in [-0.3, -0.25) is 0 Å². The fraction of sp³-hybridized carbons (Fsp3) is 1.00. The van der Waals surface area contributed by atoms with Gasteiger partial charge in [0, 0.05) is 10.00 Å². The van der Waals surface area contributed by atoms with Crippen molar-refractivity contribution in [3.8, 4) is 0 Å². The van der Waals surface area contributed by atoms with Crippen LogP contribution in [0.25, 0.3) is 0 Å². The minimum Gasteiger partial charge on any atom is -0.0904 e. The van der Waals surface area contributed by atoms with Gasteiger partial charge in [-0.15, -0.1) is 0 Å². The lowest BCUT2D eigenvalue weighted by molar-refractivity contribution is 0.651. The molecule has 0 radical (unpaired) electrons. The maximum atomic E-state index is 2.31. The van der Waals surface area contributed by atoms with E-state index in [0.717, 1.165) is 5.25 Å². The van der Waals surface area contributed by atoms with Crippen molar-refractivity contribution < 1.29 is 0 Å². The molecule has 1 fully saturated rings. The predicted molar refractivity (Wildman–Crippen MR) is 54.7 cm³/mol. The van der Waals surface area contributed by atoms with E-state index in [2.05, 4.69) is 20.8 Å². The van der Waals surface area contributed by atoms with Crippen molar-refractivity contribution in [1.29, 1.82) is 0 Å². The quantitative estimate of drug-likeness (QED) is 0.515. The van der Waals surface area contributed by atoms with E-state index in [-0.39, 0.29) is 0 Å². The van der Waals surface area contributed by atoms with Gasteiger partial charge >= 0.3 is 0 Å². The number of rotatable bonds is 0. The van der Waals surface area contributed by atoms with Crippen molar-refractivity contribution in [2.45, 2.75) is 51.0 Å². The van der Waals surface area contributed by atoms with Gasteiger partial charge in [-0.1, -0.05) is 42.4 Å². The van der Waals surface area contributed by atoms with E-state index in [1.807, 2.05) is 35.4 Å². The van der Waals surface area contributed by atoms with Gasteiger partial charge in [-0.2, -0.15) is 0 Å². The van der Waals surface area contributed by atoms with Crippen molar-refractivity contribution in [2.24, 2.45) is 0 Å². The molecule has 0 saturated carbocycles. The summed E-state index contributed by atoms with van der Waals surface area (Å²) in [5.74, 6) is 0. The van der Waals surface area contributed by atoms with Gasteiger partial charge in [0.15, 0.2) is 0 Å². The average Bonchev–Trinajstić information content (AvgIpc) is 2.15. The monoisotopic (exact) mass is 178 g/mol. The van der Waals surface area contributed by atoms with E-state index >= 15 is 0 Å². The minimum atomic E-state index is 0.546. The van der Waals surface area contributed by atoms with Gasteiger partial charge in [-0.05, 0) is 20.3 Å². The zero-order valence-corrected chi connectivity index (χ0v) is 9.23. The van der Waals surface area contributed by atoms with E-state index in [4.69, 9.17) is 0 Å². The van der Waals surface area contributed by atoms with Crippen LogP contribution in [0.1, 0.15) is 41.0 Å². The molecule has 1 saturated heterocycles. The molecule has 1 aliphatic rings. The molecule has 0 aromatic carbocycles. The van der Waals surface area contributed by atoms with Crippen LogP contribution in [-0.2, 0) is 0 Å². The van der Waals surface area contributed by atoms with E-state index in [1.165, 1.54) is 6.42 Å². The van der Waals surface area contributed by atoms with Crippen LogP contribution in [0.4, 0.5) is 0 Å². The van der Waals surface area contributed by atoms with Gasteiger partial charge in [0.1, 0.15) is 0 Å². The first kappa shape index (κ1) is 10.7. The fourth-order valence-electron chi connectivity index (χ4n) is 0.973. The molecule has 0 nitrogen and oxygen atoms in total. The molecule has 10 heavy (non-hydrogen) atoms. The Kier molecular flexibility index (Phi) is 4.87. The lowest BCUT2D eigenvalue weighted by Gasteiger charge is -2.12. The lowest BCUT2D eigenvalue weighted by Crippen LogP contribution is -2.10. The summed E-state index contributed by atoms with van der Waals surface area (Å²) in [5, 5.41) is 0.870. The Balaban J connectivity index is 0.000000371. The molecule has 1 heterocycles.